The van der Waals surface area contributed by atoms with E-state index in [1.165, 1.54) is 11.8 Å². The van der Waals surface area contributed by atoms with Gasteiger partial charge in [0, 0.05) is 21.8 Å². The van der Waals surface area contributed by atoms with Gasteiger partial charge in [0.05, 0.1) is 5.75 Å². The van der Waals surface area contributed by atoms with Crippen LogP contribution in [-0.2, 0) is 20.9 Å². The van der Waals surface area contributed by atoms with Crippen LogP contribution in [0.4, 0.5) is 0 Å². The molecule has 6 heteroatoms. The second-order valence-electron chi connectivity index (χ2n) is 6.22. The lowest BCUT2D eigenvalue weighted by Gasteiger charge is -2.14. The van der Waals surface area contributed by atoms with Crippen LogP contribution in [-0.4, -0.2) is 23.7 Å². The van der Waals surface area contributed by atoms with Crippen molar-refractivity contribution in [1.29, 1.82) is 0 Å². The fourth-order valence-electron chi connectivity index (χ4n) is 2.73. The number of thioether (sulfide) groups is 1. The van der Waals surface area contributed by atoms with Gasteiger partial charge in [-0.05, 0) is 30.0 Å². The largest absolute Gasteiger partial charge is 0.452 e. The number of ether oxygens (including phenoxy) is 1. The minimum Gasteiger partial charge on any atom is -0.452 e. The molecule has 1 amide bonds. The average molecular weight is 414 g/mol. The number of esters is 1. The van der Waals surface area contributed by atoms with Crippen molar-refractivity contribution in [3.63, 3.8) is 0 Å². The summed E-state index contributed by atoms with van der Waals surface area (Å²) in [5.41, 5.74) is 0.984. The van der Waals surface area contributed by atoms with Crippen molar-refractivity contribution in [3.05, 3.63) is 77.3 Å². The lowest BCUT2D eigenvalue weighted by atomic mass is 10.1. The first-order valence-electron chi connectivity index (χ1n) is 8.86. The summed E-state index contributed by atoms with van der Waals surface area (Å²) in [7, 11) is 0. The van der Waals surface area contributed by atoms with E-state index in [2.05, 4.69) is 5.32 Å². The maximum Gasteiger partial charge on any atom is 0.317 e. The summed E-state index contributed by atoms with van der Waals surface area (Å²) in [6.07, 6.45) is -0.854. The maximum atomic E-state index is 12.2. The number of nitrogens with one attached hydrogen (secondary N) is 1. The molecule has 0 unspecified atom stereocenters. The van der Waals surface area contributed by atoms with Crippen molar-refractivity contribution in [2.24, 2.45) is 0 Å². The van der Waals surface area contributed by atoms with Gasteiger partial charge in [0.1, 0.15) is 0 Å². The number of halogens is 1. The molecule has 28 heavy (non-hydrogen) atoms. The number of amides is 1. The second kappa shape index (κ2) is 9.62. The summed E-state index contributed by atoms with van der Waals surface area (Å²) < 4.78 is 5.26. The number of hydrogen-bond acceptors (Lipinski definition) is 4. The predicted molar refractivity (Wildman–Crippen MR) is 114 cm³/mol. The molecule has 0 radical (unpaired) electrons. The smallest absolute Gasteiger partial charge is 0.317 e. The third-order valence-corrected chi connectivity index (χ3v) is 5.49. The second-order valence-corrected chi connectivity index (χ2v) is 7.64. The number of hydrogen-bond donors (Lipinski definition) is 1. The van der Waals surface area contributed by atoms with Crippen LogP contribution in [0.2, 0.25) is 5.02 Å². The van der Waals surface area contributed by atoms with Gasteiger partial charge in [0.25, 0.3) is 5.91 Å². The molecule has 0 aliphatic heterocycles. The molecular weight excluding hydrogens is 394 g/mol. The van der Waals surface area contributed by atoms with E-state index in [0.717, 1.165) is 21.2 Å². The molecule has 0 saturated heterocycles. The first kappa shape index (κ1) is 20.2. The van der Waals surface area contributed by atoms with Gasteiger partial charge in [-0.1, -0.05) is 66.2 Å². The molecule has 0 fully saturated rings. The first-order valence-corrected chi connectivity index (χ1v) is 10.2. The number of carbonyl (C=O) groups is 2. The molecule has 3 aromatic carbocycles. The Balaban J connectivity index is 1.52. The van der Waals surface area contributed by atoms with Crippen LogP contribution < -0.4 is 5.32 Å². The SMILES string of the molecule is C[C@H](OC(=O)CSc1cccc2cccc(Cl)c12)C(=O)NCc1ccccc1. The third-order valence-electron chi connectivity index (χ3n) is 4.15. The topological polar surface area (TPSA) is 55.4 Å². The quantitative estimate of drug-likeness (QED) is 0.445. The Morgan fingerprint density at radius 1 is 1.04 bits per heavy atom. The van der Waals surface area contributed by atoms with E-state index in [4.69, 9.17) is 16.3 Å². The summed E-state index contributed by atoms with van der Waals surface area (Å²) in [6.45, 7) is 1.96. The van der Waals surface area contributed by atoms with Crippen LogP contribution in [0.15, 0.2) is 71.6 Å². The van der Waals surface area contributed by atoms with Crippen LogP contribution in [0, 0.1) is 0 Å². The monoisotopic (exact) mass is 413 g/mol. The Hall–Kier alpha value is -2.50. The van der Waals surface area contributed by atoms with Gasteiger partial charge in [0.2, 0.25) is 0 Å². The fourth-order valence-corrected chi connectivity index (χ4v) is 3.96. The highest BCUT2D eigenvalue weighted by Gasteiger charge is 2.18. The molecule has 3 aromatic rings. The first-order chi connectivity index (χ1) is 13.5. The van der Waals surface area contributed by atoms with E-state index < -0.39 is 12.1 Å². The van der Waals surface area contributed by atoms with E-state index in [1.807, 2.05) is 66.7 Å². The van der Waals surface area contributed by atoms with Gasteiger partial charge in [0.15, 0.2) is 6.10 Å². The number of fused-ring (bicyclic) bond motifs is 1. The molecule has 4 nitrogen and oxygen atoms in total. The minimum atomic E-state index is -0.854. The molecule has 0 bridgehead atoms. The van der Waals surface area contributed by atoms with Gasteiger partial charge in [-0.25, -0.2) is 0 Å². The van der Waals surface area contributed by atoms with E-state index in [0.29, 0.717) is 11.6 Å². The lowest BCUT2D eigenvalue weighted by molar-refractivity contribution is -0.152. The van der Waals surface area contributed by atoms with Crippen LogP contribution in [0.3, 0.4) is 0 Å². The molecule has 1 atom stereocenters. The highest BCUT2D eigenvalue weighted by molar-refractivity contribution is 8.00. The Labute approximate surface area is 173 Å². The van der Waals surface area contributed by atoms with Crippen molar-refractivity contribution in [1.82, 2.24) is 5.32 Å². The molecular formula is C22H20ClNO3S. The Kier molecular flexibility index (Phi) is 6.95. The van der Waals surface area contributed by atoms with Gasteiger partial charge < -0.3 is 10.1 Å². The summed E-state index contributed by atoms with van der Waals surface area (Å²) >= 11 is 7.65. The predicted octanol–water partition coefficient (Wildman–Crippen LogP) is 4.83. The zero-order valence-corrected chi connectivity index (χ0v) is 16.9. The van der Waals surface area contributed by atoms with Gasteiger partial charge in [-0.3, -0.25) is 9.59 Å². The molecule has 3 rings (SSSR count). The van der Waals surface area contributed by atoms with E-state index in [9.17, 15) is 9.59 Å². The van der Waals surface area contributed by atoms with Crippen molar-refractivity contribution < 1.29 is 14.3 Å². The number of carbonyl (C=O) groups excluding carboxylic acids is 2. The standard InChI is InChI=1S/C22H20ClNO3S/c1-15(22(26)24-13-16-7-3-2-4-8-16)27-20(25)14-28-19-12-6-10-17-9-5-11-18(23)21(17)19/h2-12,15H,13-14H2,1H3,(H,24,26)/t15-/m0/s1. The summed E-state index contributed by atoms with van der Waals surface area (Å²) in [4.78, 5) is 25.2. The molecule has 0 aliphatic rings. The lowest BCUT2D eigenvalue weighted by Crippen LogP contribution is -2.35. The van der Waals surface area contributed by atoms with Crippen LogP contribution in [0.1, 0.15) is 12.5 Å². The number of rotatable bonds is 7. The molecule has 1 N–H and O–H groups in total. The normalized spacial score (nSPS) is 11.8. The summed E-state index contributed by atoms with van der Waals surface area (Å²) in [5, 5.41) is 5.34. The summed E-state index contributed by atoms with van der Waals surface area (Å²) in [6, 6.07) is 21.1. The van der Waals surface area contributed by atoms with Crippen molar-refractivity contribution in [2.75, 3.05) is 5.75 Å². The highest BCUT2D eigenvalue weighted by atomic mass is 35.5. The Morgan fingerprint density at radius 3 is 2.50 bits per heavy atom. The Bertz CT molecular complexity index is 973. The van der Waals surface area contributed by atoms with Crippen LogP contribution in [0.5, 0.6) is 0 Å². The summed E-state index contributed by atoms with van der Waals surface area (Å²) in [5.74, 6) is -0.674. The average Bonchev–Trinajstić information content (AvgIpc) is 2.71. The number of benzene rings is 3. The maximum absolute atomic E-state index is 12.2. The third kappa shape index (κ3) is 5.27. The zero-order chi connectivity index (χ0) is 19.9. The molecule has 144 valence electrons. The van der Waals surface area contributed by atoms with Crippen molar-refractivity contribution in [2.45, 2.75) is 24.5 Å². The minimum absolute atomic E-state index is 0.0979. The fraction of sp³-hybridized carbons (Fsp3) is 0.182. The molecule has 0 spiro atoms. The Morgan fingerprint density at radius 2 is 1.75 bits per heavy atom. The van der Waals surface area contributed by atoms with Crippen molar-refractivity contribution >= 4 is 46.0 Å². The van der Waals surface area contributed by atoms with E-state index in [-0.39, 0.29) is 11.7 Å². The van der Waals surface area contributed by atoms with Crippen LogP contribution in [0.25, 0.3) is 10.8 Å². The molecule has 0 aromatic heterocycles. The highest BCUT2D eigenvalue weighted by Crippen LogP contribution is 2.33. The van der Waals surface area contributed by atoms with Gasteiger partial charge in [-0.2, -0.15) is 0 Å². The van der Waals surface area contributed by atoms with Gasteiger partial charge in [-0.15, -0.1) is 11.8 Å². The van der Waals surface area contributed by atoms with E-state index in [1.54, 1.807) is 6.92 Å². The van der Waals surface area contributed by atoms with Crippen LogP contribution >= 0.6 is 23.4 Å². The molecule has 0 aliphatic carbocycles. The van der Waals surface area contributed by atoms with Crippen molar-refractivity contribution in [3.8, 4) is 0 Å². The van der Waals surface area contributed by atoms with E-state index >= 15 is 0 Å². The zero-order valence-electron chi connectivity index (χ0n) is 15.4. The molecule has 0 heterocycles. The molecule has 0 saturated carbocycles. The van der Waals surface area contributed by atoms with Gasteiger partial charge >= 0.3 is 5.97 Å².